The number of aromatic nitrogens is 3. The lowest BCUT2D eigenvalue weighted by Gasteiger charge is -2.33. The van der Waals surface area contributed by atoms with E-state index in [0.717, 1.165) is 44.0 Å². The molecule has 150 valence electrons. The molecule has 0 aliphatic carbocycles. The maximum Gasteiger partial charge on any atom is 0.258 e. The van der Waals surface area contributed by atoms with Crippen LogP contribution < -0.4 is 10.1 Å². The lowest BCUT2D eigenvalue weighted by Crippen LogP contribution is -2.35. The summed E-state index contributed by atoms with van der Waals surface area (Å²) in [6.45, 7) is 2.82. The number of nitrogens with zero attached hydrogens (tertiary/aromatic N) is 4. The van der Waals surface area contributed by atoms with Gasteiger partial charge >= 0.3 is 0 Å². The van der Waals surface area contributed by atoms with Gasteiger partial charge in [0.2, 0.25) is 0 Å². The second-order valence-corrected chi connectivity index (χ2v) is 7.18. The summed E-state index contributed by atoms with van der Waals surface area (Å²) < 4.78 is 7.41. The molecule has 0 bridgehead atoms. The van der Waals surface area contributed by atoms with Crippen LogP contribution in [0, 0.1) is 0 Å². The first-order chi connectivity index (χ1) is 14.2. The van der Waals surface area contributed by atoms with Crippen molar-refractivity contribution in [3.05, 3.63) is 72.2 Å². The number of amides is 1. The molecule has 1 fully saturated rings. The summed E-state index contributed by atoms with van der Waals surface area (Å²) in [5, 5.41) is 7.43. The van der Waals surface area contributed by atoms with Gasteiger partial charge in [-0.3, -0.25) is 14.7 Å². The van der Waals surface area contributed by atoms with Crippen LogP contribution in [-0.2, 0) is 6.54 Å². The molecule has 4 rings (SSSR count). The average Bonchev–Trinajstić information content (AvgIpc) is 3.23. The number of nitrogens with one attached hydrogen (secondary N) is 1. The van der Waals surface area contributed by atoms with E-state index in [1.54, 1.807) is 37.8 Å². The van der Waals surface area contributed by atoms with Crippen LogP contribution in [0.5, 0.6) is 5.75 Å². The zero-order valence-electron chi connectivity index (χ0n) is 16.5. The van der Waals surface area contributed by atoms with Crippen molar-refractivity contribution >= 4 is 11.7 Å². The van der Waals surface area contributed by atoms with E-state index in [-0.39, 0.29) is 11.9 Å². The molecule has 1 aliphatic heterocycles. The Bertz CT molecular complexity index is 949. The maximum atomic E-state index is 12.5. The van der Waals surface area contributed by atoms with Crippen LogP contribution >= 0.6 is 0 Å². The molecule has 0 saturated carbocycles. The van der Waals surface area contributed by atoms with Crippen molar-refractivity contribution < 1.29 is 9.53 Å². The molecule has 1 aromatic carbocycles. The molecule has 1 amide bonds. The Hall–Kier alpha value is -3.19. The third-order valence-corrected chi connectivity index (χ3v) is 5.33. The van der Waals surface area contributed by atoms with Crippen LogP contribution in [0.25, 0.3) is 0 Å². The molecule has 1 saturated heterocycles. The number of likely N-dealkylation sites (tertiary alicyclic amines) is 1. The highest BCUT2D eigenvalue weighted by Crippen LogP contribution is 2.28. The minimum Gasteiger partial charge on any atom is -0.496 e. The number of anilines is 1. The monoisotopic (exact) mass is 391 g/mol. The summed E-state index contributed by atoms with van der Waals surface area (Å²) >= 11 is 0. The van der Waals surface area contributed by atoms with Crippen LogP contribution in [0.4, 0.5) is 5.82 Å². The number of hydrogen-bond donors (Lipinski definition) is 1. The van der Waals surface area contributed by atoms with Crippen LogP contribution in [0.3, 0.4) is 0 Å². The van der Waals surface area contributed by atoms with Crippen molar-refractivity contribution in [2.24, 2.45) is 0 Å². The van der Waals surface area contributed by atoms with E-state index in [1.165, 1.54) is 5.56 Å². The number of piperidine rings is 1. The topological polar surface area (TPSA) is 72.3 Å². The Morgan fingerprint density at radius 3 is 2.72 bits per heavy atom. The number of carbonyl (C=O) groups excluding carboxylic acids is 1. The zero-order valence-corrected chi connectivity index (χ0v) is 16.5. The van der Waals surface area contributed by atoms with Gasteiger partial charge in [-0.25, -0.2) is 4.68 Å². The maximum absolute atomic E-state index is 12.5. The van der Waals surface area contributed by atoms with Crippen molar-refractivity contribution in [3.63, 3.8) is 0 Å². The third-order valence-electron chi connectivity index (χ3n) is 5.33. The molecule has 1 aliphatic rings. The molecule has 3 heterocycles. The van der Waals surface area contributed by atoms with Gasteiger partial charge in [-0.1, -0.05) is 18.2 Å². The minimum absolute atomic E-state index is 0.173. The Balaban J connectivity index is 1.37. The molecular formula is C22H25N5O2. The van der Waals surface area contributed by atoms with Crippen LogP contribution in [-0.4, -0.2) is 45.8 Å². The number of para-hydroxylation sites is 1. The highest BCUT2D eigenvalue weighted by atomic mass is 16.5. The molecule has 0 atom stereocenters. The minimum atomic E-state index is -0.173. The lowest BCUT2D eigenvalue weighted by molar-refractivity contribution is 0.102. The first kappa shape index (κ1) is 19.1. The summed E-state index contributed by atoms with van der Waals surface area (Å²) in [6.07, 6.45) is 6.91. The zero-order chi connectivity index (χ0) is 20.1. The Labute approximate surface area is 170 Å². The fourth-order valence-electron chi connectivity index (χ4n) is 3.79. The number of benzene rings is 1. The largest absolute Gasteiger partial charge is 0.496 e. The number of rotatable bonds is 6. The van der Waals surface area contributed by atoms with Crippen molar-refractivity contribution in [3.8, 4) is 5.75 Å². The van der Waals surface area contributed by atoms with Crippen molar-refractivity contribution in [2.45, 2.75) is 25.4 Å². The van der Waals surface area contributed by atoms with Gasteiger partial charge < -0.3 is 10.1 Å². The van der Waals surface area contributed by atoms with E-state index in [9.17, 15) is 4.79 Å². The predicted molar refractivity (Wildman–Crippen MR) is 111 cm³/mol. The molecule has 0 spiro atoms. The number of ether oxygens (including phenoxy) is 1. The van der Waals surface area contributed by atoms with Gasteiger partial charge in [0.15, 0.2) is 0 Å². The normalized spacial score (nSPS) is 15.2. The van der Waals surface area contributed by atoms with Crippen LogP contribution in [0.2, 0.25) is 0 Å². The molecular weight excluding hydrogens is 366 g/mol. The SMILES string of the molecule is COc1ccccc1CN1CCC(n2nccc2NC(=O)c2cccnc2)CC1. The van der Waals surface area contributed by atoms with Gasteiger partial charge in [-0.05, 0) is 31.0 Å². The summed E-state index contributed by atoms with van der Waals surface area (Å²) in [5.74, 6) is 1.48. The highest BCUT2D eigenvalue weighted by molar-refractivity contribution is 6.03. The smallest absolute Gasteiger partial charge is 0.258 e. The average molecular weight is 391 g/mol. The van der Waals surface area contributed by atoms with E-state index in [4.69, 9.17) is 4.74 Å². The summed E-state index contributed by atoms with van der Waals surface area (Å²) in [5.41, 5.74) is 1.74. The molecule has 2 aromatic heterocycles. The second kappa shape index (κ2) is 8.87. The Kier molecular flexibility index (Phi) is 5.86. The van der Waals surface area contributed by atoms with Gasteiger partial charge in [-0.15, -0.1) is 0 Å². The summed E-state index contributed by atoms with van der Waals surface area (Å²) in [6, 6.07) is 13.8. The number of methoxy groups -OCH3 is 1. The van der Waals surface area contributed by atoms with E-state index in [0.29, 0.717) is 5.56 Å². The van der Waals surface area contributed by atoms with Crippen molar-refractivity contribution in [2.75, 3.05) is 25.5 Å². The first-order valence-electron chi connectivity index (χ1n) is 9.84. The number of carbonyl (C=O) groups is 1. The summed E-state index contributed by atoms with van der Waals surface area (Å²) in [7, 11) is 1.71. The van der Waals surface area contributed by atoms with E-state index >= 15 is 0 Å². The van der Waals surface area contributed by atoms with E-state index in [2.05, 4.69) is 26.4 Å². The second-order valence-electron chi connectivity index (χ2n) is 7.18. The number of hydrogen-bond acceptors (Lipinski definition) is 5. The quantitative estimate of drug-likeness (QED) is 0.697. The van der Waals surface area contributed by atoms with Crippen LogP contribution in [0.1, 0.15) is 34.8 Å². The van der Waals surface area contributed by atoms with Gasteiger partial charge in [-0.2, -0.15) is 5.10 Å². The third kappa shape index (κ3) is 4.46. The fraction of sp³-hybridized carbons (Fsp3) is 0.318. The first-order valence-corrected chi connectivity index (χ1v) is 9.84. The van der Waals surface area contributed by atoms with Gasteiger partial charge in [0.25, 0.3) is 5.91 Å². The van der Waals surface area contributed by atoms with Gasteiger partial charge in [0, 0.05) is 43.7 Å². The lowest BCUT2D eigenvalue weighted by atomic mass is 10.0. The van der Waals surface area contributed by atoms with Crippen molar-refractivity contribution in [1.29, 1.82) is 0 Å². The predicted octanol–water partition coefficient (Wildman–Crippen LogP) is 3.38. The highest BCUT2D eigenvalue weighted by Gasteiger charge is 2.24. The van der Waals surface area contributed by atoms with Crippen LogP contribution in [0.15, 0.2) is 61.1 Å². The van der Waals surface area contributed by atoms with Gasteiger partial charge in [0.05, 0.1) is 24.9 Å². The Morgan fingerprint density at radius 2 is 1.97 bits per heavy atom. The molecule has 7 nitrogen and oxygen atoms in total. The summed E-state index contributed by atoms with van der Waals surface area (Å²) in [4.78, 5) is 18.9. The molecule has 0 radical (unpaired) electrons. The molecule has 1 N–H and O–H groups in total. The Morgan fingerprint density at radius 1 is 1.14 bits per heavy atom. The molecule has 29 heavy (non-hydrogen) atoms. The standard InChI is InChI=1S/C22H25N5O2/c1-29-20-7-3-2-5-18(20)16-26-13-9-19(10-14-26)27-21(8-12-24-27)25-22(28)17-6-4-11-23-15-17/h2-8,11-12,15,19H,9-10,13-14,16H2,1H3,(H,25,28). The van der Waals surface area contributed by atoms with E-state index < -0.39 is 0 Å². The molecule has 3 aromatic rings. The fourth-order valence-corrected chi connectivity index (χ4v) is 3.79. The molecule has 0 unspecified atom stereocenters. The number of pyridine rings is 1. The van der Waals surface area contributed by atoms with E-state index in [1.807, 2.05) is 28.9 Å². The van der Waals surface area contributed by atoms with Gasteiger partial charge in [0.1, 0.15) is 11.6 Å². The molecule has 7 heteroatoms. The van der Waals surface area contributed by atoms with Crippen molar-refractivity contribution in [1.82, 2.24) is 19.7 Å².